The molecule has 6 nitrogen and oxygen atoms in total. The van der Waals surface area contributed by atoms with Gasteiger partial charge < -0.3 is 19.9 Å². The third-order valence-corrected chi connectivity index (χ3v) is 4.14. The first-order valence-corrected chi connectivity index (χ1v) is 7.10. The molecule has 0 aromatic heterocycles. The standard InChI is InChI=1S/C15H14ClNO5/c1-21-9-3-2-7(16)6-8(9)17-14(18)12-10-4-5-11(22-10)13(12)15(19)20/h2-6,10-13H,1H3,(H,17,18)(H,19,20)/t10-,11-,12+,13-/m0/s1. The largest absolute Gasteiger partial charge is 0.495 e. The Morgan fingerprint density at radius 2 is 1.95 bits per heavy atom. The van der Waals surface area contributed by atoms with Crippen molar-refractivity contribution in [3.63, 3.8) is 0 Å². The molecule has 1 aromatic carbocycles. The molecule has 0 spiro atoms. The smallest absolute Gasteiger partial charge is 0.310 e. The highest BCUT2D eigenvalue weighted by Crippen LogP contribution is 2.40. The van der Waals surface area contributed by atoms with Crippen molar-refractivity contribution in [3.8, 4) is 5.75 Å². The Hall–Kier alpha value is -2.05. The predicted octanol–water partition coefficient (Wildman–Crippen LogP) is 1.94. The second-order valence-electron chi connectivity index (χ2n) is 5.17. The maximum absolute atomic E-state index is 12.5. The number of rotatable bonds is 4. The molecule has 2 heterocycles. The lowest BCUT2D eigenvalue weighted by Gasteiger charge is -2.21. The normalized spacial score (nSPS) is 28.6. The highest BCUT2D eigenvalue weighted by Gasteiger charge is 2.53. The van der Waals surface area contributed by atoms with E-state index in [1.165, 1.54) is 7.11 Å². The van der Waals surface area contributed by atoms with E-state index in [9.17, 15) is 14.7 Å². The summed E-state index contributed by atoms with van der Waals surface area (Å²) in [5.41, 5.74) is 0.399. The van der Waals surface area contributed by atoms with Gasteiger partial charge in [-0.2, -0.15) is 0 Å². The quantitative estimate of drug-likeness (QED) is 0.827. The fourth-order valence-electron chi connectivity index (χ4n) is 2.91. The minimum Gasteiger partial charge on any atom is -0.495 e. The van der Waals surface area contributed by atoms with Gasteiger partial charge in [0.2, 0.25) is 5.91 Å². The number of hydrogen-bond acceptors (Lipinski definition) is 4. The number of ether oxygens (including phenoxy) is 2. The number of carboxylic acids is 1. The van der Waals surface area contributed by atoms with E-state index < -0.39 is 35.9 Å². The monoisotopic (exact) mass is 323 g/mol. The van der Waals surface area contributed by atoms with E-state index in [1.807, 2.05) is 0 Å². The molecule has 2 N–H and O–H groups in total. The van der Waals surface area contributed by atoms with Gasteiger partial charge in [0.05, 0.1) is 30.9 Å². The van der Waals surface area contributed by atoms with Crippen LogP contribution in [0, 0.1) is 11.8 Å². The molecule has 0 radical (unpaired) electrons. The van der Waals surface area contributed by atoms with E-state index in [1.54, 1.807) is 30.4 Å². The molecule has 2 bridgehead atoms. The number of carbonyl (C=O) groups is 2. The van der Waals surface area contributed by atoms with Crippen molar-refractivity contribution >= 4 is 29.2 Å². The lowest BCUT2D eigenvalue weighted by Crippen LogP contribution is -2.39. The van der Waals surface area contributed by atoms with Gasteiger partial charge >= 0.3 is 5.97 Å². The molecule has 1 aromatic rings. The van der Waals surface area contributed by atoms with Crippen LogP contribution in [-0.2, 0) is 14.3 Å². The van der Waals surface area contributed by atoms with Gasteiger partial charge in [0.15, 0.2) is 0 Å². The number of hydrogen-bond donors (Lipinski definition) is 2. The molecule has 1 amide bonds. The van der Waals surface area contributed by atoms with Crippen molar-refractivity contribution in [3.05, 3.63) is 35.4 Å². The highest BCUT2D eigenvalue weighted by atomic mass is 35.5. The number of amides is 1. The number of methoxy groups -OCH3 is 1. The summed E-state index contributed by atoms with van der Waals surface area (Å²) in [6.45, 7) is 0. The number of nitrogens with one attached hydrogen (secondary N) is 1. The molecule has 2 aliphatic heterocycles. The first-order valence-electron chi connectivity index (χ1n) is 6.72. The molecular formula is C15H14ClNO5. The summed E-state index contributed by atoms with van der Waals surface area (Å²) in [6.07, 6.45) is 2.34. The zero-order chi connectivity index (χ0) is 15.9. The Kier molecular flexibility index (Phi) is 3.80. The molecule has 1 fully saturated rings. The Morgan fingerprint density at radius 1 is 1.27 bits per heavy atom. The van der Waals surface area contributed by atoms with E-state index in [-0.39, 0.29) is 0 Å². The lowest BCUT2D eigenvalue weighted by molar-refractivity contribution is -0.145. The van der Waals surface area contributed by atoms with Crippen LogP contribution in [-0.4, -0.2) is 36.3 Å². The number of fused-ring (bicyclic) bond motifs is 2. The van der Waals surface area contributed by atoms with Crippen molar-refractivity contribution < 1.29 is 24.2 Å². The zero-order valence-corrected chi connectivity index (χ0v) is 12.4. The van der Waals surface area contributed by atoms with Crippen LogP contribution in [0.15, 0.2) is 30.4 Å². The van der Waals surface area contributed by atoms with Crippen LogP contribution in [0.4, 0.5) is 5.69 Å². The molecule has 22 heavy (non-hydrogen) atoms. The van der Waals surface area contributed by atoms with Crippen molar-refractivity contribution in [2.45, 2.75) is 12.2 Å². The number of aliphatic carboxylic acids is 1. The second-order valence-corrected chi connectivity index (χ2v) is 5.61. The van der Waals surface area contributed by atoms with Crippen LogP contribution in [0.25, 0.3) is 0 Å². The molecule has 1 saturated heterocycles. The highest BCUT2D eigenvalue weighted by molar-refractivity contribution is 6.31. The summed E-state index contributed by atoms with van der Waals surface area (Å²) in [6, 6.07) is 4.82. The summed E-state index contributed by atoms with van der Waals surface area (Å²) in [4.78, 5) is 23.9. The molecule has 0 unspecified atom stereocenters. The van der Waals surface area contributed by atoms with E-state index >= 15 is 0 Å². The van der Waals surface area contributed by atoms with Crippen LogP contribution in [0.3, 0.4) is 0 Å². The molecule has 4 atom stereocenters. The maximum Gasteiger partial charge on any atom is 0.310 e. The van der Waals surface area contributed by atoms with Crippen LogP contribution in [0.2, 0.25) is 5.02 Å². The van der Waals surface area contributed by atoms with Crippen LogP contribution in [0.5, 0.6) is 5.75 Å². The Balaban J connectivity index is 1.84. The van der Waals surface area contributed by atoms with Gasteiger partial charge in [-0.1, -0.05) is 23.8 Å². The number of halogens is 1. The van der Waals surface area contributed by atoms with E-state index in [4.69, 9.17) is 21.1 Å². The van der Waals surface area contributed by atoms with E-state index in [0.717, 1.165) is 0 Å². The first-order chi connectivity index (χ1) is 10.5. The molecule has 0 saturated carbocycles. The minimum atomic E-state index is -1.05. The Labute approximate surface area is 131 Å². The van der Waals surface area contributed by atoms with E-state index in [0.29, 0.717) is 16.5 Å². The fraction of sp³-hybridized carbons (Fsp3) is 0.333. The summed E-state index contributed by atoms with van der Waals surface area (Å²) in [5, 5.41) is 12.5. The van der Waals surface area contributed by atoms with Crippen molar-refractivity contribution in [2.75, 3.05) is 12.4 Å². The topological polar surface area (TPSA) is 84.9 Å². The van der Waals surface area contributed by atoms with Crippen LogP contribution < -0.4 is 10.1 Å². The predicted molar refractivity (Wildman–Crippen MR) is 79.1 cm³/mol. The van der Waals surface area contributed by atoms with Gasteiger partial charge in [0, 0.05) is 5.02 Å². The summed E-state index contributed by atoms with van der Waals surface area (Å²) >= 11 is 5.92. The Morgan fingerprint density at radius 3 is 2.59 bits per heavy atom. The maximum atomic E-state index is 12.5. The van der Waals surface area contributed by atoms with Crippen molar-refractivity contribution in [1.82, 2.24) is 0 Å². The Bertz CT molecular complexity index is 659. The third-order valence-electron chi connectivity index (χ3n) is 3.91. The molecule has 0 aliphatic carbocycles. The molecule has 7 heteroatoms. The van der Waals surface area contributed by atoms with Gasteiger partial charge in [-0.25, -0.2) is 0 Å². The fourth-order valence-corrected chi connectivity index (χ4v) is 3.08. The first kappa shape index (κ1) is 14.9. The van der Waals surface area contributed by atoms with Crippen LogP contribution >= 0.6 is 11.6 Å². The number of anilines is 1. The molecule has 116 valence electrons. The van der Waals surface area contributed by atoms with Crippen LogP contribution in [0.1, 0.15) is 0 Å². The van der Waals surface area contributed by atoms with Gasteiger partial charge in [-0.3, -0.25) is 9.59 Å². The van der Waals surface area contributed by atoms with Gasteiger partial charge in [0.25, 0.3) is 0 Å². The van der Waals surface area contributed by atoms with Gasteiger partial charge in [-0.05, 0) is 18.2 Å². The molecule has 2 aliphatic rings. The number of benzene rings is 1. The number of carboxylic acid groups (broad SMARTS) is 1. The van der Waals surface area contributed by atoms with Crippen molar-refractivity contribution in [2.24, 2.45) is 11.8 Å². The van der Waals surface area contributed by atoms with Gasteiger partial charge in [0.1, 0.15) is 11.7 Å². The second kappa shape index (κ2) is 5.62. The number of carbonyl (C=O) groups excluding carboxylic acids is 1. The average Bonchev–Trinajstić information content (AvgIpc) is 3.08. The molecule has 3 rings (SSSR count). The lowest BCUT2D eigenvalue weighted by atomic mass is 9.82. The molecular weight excluding hydrogens is 310 g/mol. The average molecular weight is 324 g/mol. The minimum absolute atomic E-state index is 0.399. The summed E-state index contributed by atoms with van der Waals surface area (Å²) in [5.74, 6) is -2.69. The van der Waals surface area contributed by atoms with E-state index in [2.05, 4.69) is 5.32 Å². The summed E-state index contributed by atoms with van der Waals surface area (Å²) in [7, 11) is 1.47. The SMILES string of the molecule is COc1ccc(Cl)cc1NC(=O)[C@H]1[C@@H](C(=O)O)[C@@H]2C=C[C@@H]1O2. The van der Waals surface area contributed by atoms with Crippen molar-refractivity contribution in [1.29, 1.82) is 0 Å². The van der Waals surface area contributed by atoms with Gasteiger partial charge in [-0.15, -0.1) is 0 Å². The zero-order valence-electron chi connectivity index (χ0n) is 11.7. The summed E-state index contributed by atoms with van der Waals surface area (Å²) < 4.78 is 10.7. The third kappa shape index (κ3) is 2.44.